The van der Waals surface area contributed by atoms with Crippen LogP contribution in [0.5, 0.6) is 0 Å². The molecule has 1 unspecified atom stereocenters. The molecule has 0 aliphatic rings. The van der Waals surface area contributed by atoms with Crippen LogP contribution in [0, 0.1) is 5.82 Å². The van der Waals surface area contributed by atoms with E-state index in [0.29, 0.717) is 5.56 Å². The van der Waals surface area contributed by atoms with Crippen LogP contribution in [-0.2, 0) is 4.79 Å². The molecule has 0 fully saturated rings. The van der Waals surface area contributed by atoms with Crippen molar-refractivity contribution in [1.82, 2.24) is 20.2 Å². The van der Waals surface area contributed by atoms with Crippen LogP contribution in [0.2, 0.25) is 5.02 Å². The van der Waals surface area contributed by atoms with Crippen molar-refractivity contribution in [3.05, 3.63) is 29.0 Å². The van der Waals surface area contributed by atoms with Gasteiger partial charge in [0.25, 0.3) is 0 Å². The molecular formula is C10H8ClFN4O2. The summed E-state index contributed by atoms with van der Waals surface area (Å²) in [6.45, 7) is 1.44. The predicted molar refractivity (Wildman–Crippen MR) is 60.6 cm³/mol. The second kappa shape index (κ2) is 4.69. The summed E-state index contributed by atoms with van der Waals surface area (Å²) in [6, 6.07) is 3.01. The first kappa shape index (κ1) is 12.4. The number of benzene rings is 1. The van der Waals surface area contributed by atoms with E-state index in [1.807, 2.05) is 0 Å². The van der Waals surface area contributed by atoms with Gasteiger partial charge in [-0.1, -0.05) is 11.6 Å². The summed E-state index contributed by atoms with van der Waals surface area (Å²) in [5.41, 5.74) is 0.444. The maximum absolute atomic E-state index is 13.0. The molecule has 0 spiro atoms. The fourth-order valence-corrected chi connectivity index (χ4v) is 1.56. The van der Waals surface area contributed by atoms with Crippen molar-refractivity contribution in [3.8, 4) is 11.4 Å². The number of rotatable bonds is 3. The quantitative estimate of drug-likeness (QED) is 0.919. The lowest BCUT2D eigenvalue weighted by molar-refractivity contribution is -0.140. The van der Waals surface area contributed by atoms with E-state index in [4.69, 9.17) is 16.7 Å². The van der Waals surface area contributed by atoms with Gasteiger partial charge in [0.05, 0.1) is 5.02 Å². The van der Waals surface area contributed by atoms with Crippen LogP contribution in [0.25, 0.3) is 11.4 Å². The Labute approximate surface area is 106 Å². The van der Waals surface area contributed by atoms with Gasteiger partial charge in [-0.05, 0) is 35.5 Å². The molecule has 18 heavy (non-hydrogen) atoms. The van der Waals surface area contributed by atoms with Crippen molar-refractivity contribution >= 4 is 17.6 Å². The van der Waals surface area contributed by atoms with Crippen LogP contribution >= 0.6 is 11.6 Å². The first-order valence-corrected chi connectivity index (χ1v) is 5.34. The molecule has 0 saturated heterocycles. The van der Waals surface area contributed by atoms with Crippen molar-refractivity contribution in [2.75, 3.05) is 0 Å². The average Bonchev–Trinajstić information content (AvgIpc) is 2.80. The van der Waals surface area contributed by atoms with E-state index >= 15 is 0 Å². The molecule has 0 radical (unpaired) electrons. The van der Waals surface area contributed by atoms with Gasteiger partial charge in [0.1, 0.15) is 5.82 Å². The molecule has 94 valence electrons. The van der Waals surface area contributed by atoms with Gasteiger partial charge in [0, 0.05) is 5.56 Å². The van der Waals surface area contributed by atoms with Gasteiger partial charge >= 0.3 is 5.97 Å². The lowest BCUT2D eigenvalue weighted by Gasteiger charge is -2.08. The van der Waals surface area contributed by atoms with Gasteiger partial charge in [0.15, 0.2) is 11.9 Å². The van der Waals surface area contributed by atoms with Crippen molar-refractivity contribution < 1.29 is 14.3 Å². The number of tetrazole rings is 1. The molecule has 1 atom stereocenters. The number of aromatic nitrogens is 4. The maximum Gasteiger partial charge on any atom is 0.328 e. The van der Waals surface area contributed by atoms with Gasteiger partial charge in [-0.25, -0.2) is 13.9 Å². The van der Waals surface area contributed by atoms with Gasteiger partial charge in [-0.3, -0.25) is 0 Å². The molecule has 1 N–H and O–H groups in total. The molecule has 8 heteroatoms. The Balaban J connectivity index is 2.48. The second-order valence-corrected chi connectivity index (χ2v) is 4.00. The number of carboxylic acid groups (broad SMARTS) is 1. The summed E-state index contributed by atoms with van der Waals surface area (Å²) in [7, 11) is 0. The summed E-state index contributed by atoms with van der Waals surface area (Å²) >= 11 is 5.66. The topological polar surface area (TPSA) is 80.9 Å². The summed E-state index contributed by atoms with van der Waals surface area (Å²) in [6.07, 6.45) is 0. The molecule has 0 bridgehead atoms. The molecule has 1 heterocycles. The summed E-state index contributed by atoms with van der Waals surface area (Å²) in [5, 5.41) is 19.6. The van der Waals surface area contributed by atoms with Crippen LogP contribution in [-0.4, -0.2) is 31.3 Å². The van der Waals surface area contributed by atoms with Crippen LogP contribution < -0.4 is 0 Å². The van der Waals surface area contributed by atoms with Gasteiger partial charge in [-0.15, -0.1) is 5.10 Å². The largest absolute Gasteiger partial charge is 0.480 e. The van der Waals surface area contributed by atoms with E-state index in [1.165, 1.54) is 25.1 Å². The second-order valence-electron chi connectivity index (χ2n) is 3.59. The third-order valence-corrected chi connectivity index (χ3v) is 2.68. The van der Waals surface area contributed by atoms with E-state index < -0.39 is 17.8 Å². The molecule has 6 nitrogen and oxygen atoms in total. The zero-order chi connectivity index (χ0) is 13.3. The van der Waals surface area contributed by atoms with Crippen molar-refractivity contribution in [2.24, 2.45) is 0 Å². The fourth-order valence-electron chi connectivity index (χ4n) is 1.38. The van der Waals surface area contributed by atoms with Crippen LogP contribution in [0.15, 0.2) is 18.2 Å². The van der Waals surface area contributed by atoms with E-state index in [0.717, 1.165) is 4.68 Å². The summed E-state index contributed by atoms with van der Waals surface area (Å²) < 4.78 is 14.2. The van der Waals surface area contributed by atoms with Gasteiger partial charge in [0.2, 0.25) is 0 Å². The third kappa shape index (κ3) is 2.17. The zero-order valence-electron chi connectivity index (χ0n) is 9.21. The van der Waals surface area contributed by atoms with Crippen molar-refractivity contribution in [3.63, 3.8) is 0 Å². The average molecular weight is 271 g/mol. The standard InChI is InChI=1S/C10H8ClFN4O2/c1-5(10(17)18)16-9(13-14-15-16)6-2-3-8(12)7(11)4-6/h2-5H,1H3,(H,17,18). The first-order chi connectivity index (χ1) is 8.50. The molecule has 0 aliphatic heterocycles. The highest BCUT2D eigenvalue weighted by Gasteiger charge is 2.20. The Morgan fingerprint density at radius 2 is 2.28 bits per heavy atom. The lowest BCUT2D eigenvalue weighted by atomic mass is 10.2. The van der Waals surface area contributed by atoms with Crippen LogP contribution in [0.1, 0.15) is 13.0 Å². The molecule has 2 aromatic rings. The fraction of sp³-hybridized carbons (Fsp3) is 0.200. The van der Waals surface area contributed by atoms with E-state index in [2.05, 4.69) is 15.5 Å². The third-order valence-electron chi connectivity index (χ3n) is 2.39. The molecule has 1 aromatic heterocycles. The van der Waals surface area contributed by atoms with E-state index in [1.54, 1.807) is 0 Å². The van der Waals surface area contributed by atoms with Crippen LogP contribution in [0.4, 0.5) is 4.39 Å². The highest BCUT2D eigenvalue weighted by molar-refractivity contribution is 6.31. The number of nitrogens with zero attached hydrogens (tertiary/aromatic N) is 4. The van der Waals surface area contributed by atoms with Crippen molar-refractivity contribution in [1.29, 1.82) is 0 Å². The number of aliphatic carboxylic acids is 1. The highest BCUT2D eigenvalue weighted by Crippen LogP contribution is 2.24. The smallest absolute Gasteiger partial charge is 0.328 e. The monoisotopic (exact) mass is 270 g/mol. The molecule has 0 amide bonds. The van der Waals surface area contributed by atoms with E-state index in [9.17, 15) is 9.18 Å². The summed E-state index contributed by atoms with van der Waals surface area (Å²) in [4.78, 5) is 10.9. The Hall–Kier alpha value is -2.02. The van der Waals surface area contributed by atoms with Crippen molar-refractivity contribution in [2.45, 2.75) is 13.0 Å². The zero-order valence-corrected chi connectivity index (χ0v) is 9.97. The number of halogens is 2. The first-order valence-electron chi connectivity index (χ1n) is 4.97. The molecular weight excluding hydrogens is 263 g/mol. The van der Waals surface area contributed by atoms with E-state index in [-0.39, 0.29) is 10.8 Å². The molecule has 1 aromatic carbocycles. The Morgan fingerprint density at radius 1 is 1.56 bits per heavy atom. The minimum atomic E-state index is -1.07. The number of carboxylic acids is 1. The minimum absolute atomic E-state index is 0.0787. The predicted octanol–water partition coefficient (Wildman–Crippen LogP) is 1.78. The highest BCUT2D eigenvalue weighted by atomic mass is 35.5. The normalized spacial score (nSPS) is 12.4. The van der Waals surface area contributed by atoms with Crippen LogP contribution in [0.3, 0.4) is 0 Å². The summed E-state index contributed by atoms with van der Waals surface area (Å²) in [5.74, 6) is -1.42. The Kier molecular flexibility index (Phi) is 3.24. The maximum atomic E-state index is 13.0. The molecule has 0 saturated carbocycles. The molecule has 2 rings (SSSR count). The van der Waals surface area contributed by atoms with Gasteiger partial charge in [-0.2, -0.15) is 0 Å². The van der Waals surface area contributed by atoms with Gasteiger partial charge < -0.3 is 5.11 Å². The lowest BCUT2D eigenvalue weighted by Crippen LogP contribution is -2.18. The Morgan fingerprint density at radius 3 is 2.89 bits per heavy atom. The minimum Gasteiger partial charge on any atom is -0.480 e. The number of hydrogen-bond donors (Lipinski definition) is 1. The number of hydrogen-bond acceptors (Lipinski definition) is 4. The SMILES string of the molecule is CC(C(=O)O)n1nnnc1-c1ccc(F)c(Cl)c1. The number of carbonyl (C=O) groups is 1. The molecule has 0 aliphatic carbocycles. The Bertz CT molecular complexity index is 601.